The van der Waals surface area contributed by atoms with Crippen LogP contribution < -0.4 is 0 Å². The maximum absolute atomic E-state index is 13.6. The van der Waals surface area contributed by atoms with Crippen LogP contribution in [0.1, 0.15) is 36.3 Å². The molecule has 1 aromatic rings. The fraction of sp³-hybridized carbons (Fsp3) is 0.462. The van der Waals surface area contributed by atoms with E-state index in [0.29, 0.717) is 12.2 Å². The van der Waals surface area contributed by atoms with Gasteiger partial charge >= 0.3 is 0 Å². The monoisotopic (exact) mass is 204 g/mol. The SMILES string of the molecule is O=C1C2CCCC1c1cccc(F)c1C2. The second-order valence-electron chi connectivity index (χ2n) is 4.59. The highest BCUT2D eigenvalue weighted by molar-refractivity contribution is 5.90. The Bertz CT molecular complexity index is 425. The van der Waals surface area contributed by atoms with E-state index in [9.17, 15) is 9.18 Å². The van der Waals surface area contributed by atoms with Gasteiger partial charge in [-0.1, -0.05) is 18.6 Å². The van der Waals surface area contributed by atoms with E-state index in [-0.39, 0.29) is 17.7 Å². The Kier molecular flexibility index (Phi) is 1.91. The average molecular weight is 204 g/mol. The minimum Gasteiger partial charge on any atom is -0.299 e. The maximum Gasteiger partial charge on any atom is 0.143 e. The van der Waals surface area contributed by atoms with Gasteiger partial charge in [-0.2, -0.15) is 0 Å². The molecular formula is C13H13FO. The molecule has 0 aromatic heterocycles. The van der Waals surface area contributed by atoms with Gasteiger partial charge in [-0.05, 0) is 36.5 Å². The van der Waals surface area contributed by atoms with Crippen LogP contribution in [0.4, 0.5) is 4.39 Å². The minimum absolute atomic E-state index is 0.0109. The Morgan fingerprint density at radius 3 is 3.00 bits per heavy atom. The van der Waals surface area contributed by atoms with E-state index < -0.39 is 0 Å². The zero-order chi connectivity index (χ0) is 10.4. The lowest BCUT2D eigenvalue weighted by Crippen LogP contribution is -2.34. The average Bonchev–Trinajstić information content (AvgIpc) is 2.20. The quantitative estimate of drug-likeness (QED) is 0.635. The molecule has 0 N–H and O–H groups in total. The van der Waals surface area contributed by atoms with E-state index in [1.807, 2.05) is 6.07 Å². The highest BCUT2D eigenvalue weighted by atomic mass is 19.1. The molecule has 1 nitrogen and oxygen atoms in total. The molecule has 2 unspecified atom stereocenters. The van der Waals surface area contributed by atoms with Crippen molar-refractivity contribution in [3.8, 4) is 0 Å². The Balaban J connectivity index is 2.16. The molecule has 0 saturated heterocycles. The zero-order valence-electron chi connectivity index (χ0n) is 8.50. The predicted octanol–water partition coefficient (Wildman–Crippen LogP) is 2.83. The molecule has 1 fully saturated rings. The van der Waals surface area contributed by atoms with E-state index in [1.54, 1.807) is 6.07 Å². The second-order valence-corrected chi connectivity index (χ2v) is 4.59. The summed E-state index contributed by atoms with van der Waals surface area (Å²) in [5.41, 5.74) is 1.75. The molecule has 2 aliphatic rings. The molecule has 15 heavy (non-hydrogen) atoms. The van der Waals surface area contributed by atoms with Gasteiger partial charge in [0.15, 0.2) is 0 Å². The molecule has 1 aromatic carbocycles. The lowest BCUT2D eigenvalue weighted by molar-refractivity contribution is -0.126. The van der Waals surface area contributed by atoms with E-state index in [0.717, 1.165) is 30.4 Å². The molecule has 0 spiro atoms. The number of rotatable bonds is 0. The first-order valence-corrected chi connectivity index (χ1v) is 5.58. The van der Waals surface area contributed by atoms with Crippen LogP contribution in [0.2, 0.25) is 0 Å². The van der Waals surface area contributed by atoms with Crippen molar-refractivity contribution in [2.45, 2.75) is 31.6 Å². The van der Waals surface area contributed by atoms with Gasteiger partial charge in [-0.15, -0.1) is 0 Å². The van der Waals surface area contributed by atoms with Gasteiger partial charge in [0, 0.05) is 11.8 Å². The number of hydrogen-bond acceptors (Lipinski definition) is 1. The molecule has 2 heteroatoms. The van der Waals surface area contributed by atoms with Crippen molar-refractivity contribution < 1.29 is 9.18 Å². The molecule has 0 radical (unpaired) electrons. The summed E-state index contributed by atoms with van der Waals surface area (Å²) in [6.45, 7) is 0. The number of fused-ring (bicyclic) bond motifs is 4. The molecule has 3 rings (SSSR count). The molecule has 0 aliphatic heterocycles. The highest BCUT2D eigenvalue weighted by Crippen LogP contribution is 2.41. The van der Waals surface area contributed by atoms with Crippen LogP contribution in [0.5, 0.6) is 0 Å². The van der Waals surface area contributed by atoms with Gasteiger partial charge < -0.3 is 0 Å². The van der Waals surface area contributed by atoms with Crippen molar-refractivity contribution in [3.05, 3.63) is 35.1 Å². The normalized spacial score (nSPS) is 28.7. The Morgan fingerprint density at radius 2 is 2.13 bits per heavy atom. The summed E-state index contributed by atoms with van der Waals surface area (Å²) in [7, 11) is 0. The first-order chi connectivity index (χ1) is 7.27. The van der Waals surface area contributed by atoms with E-state index in [4.69, 9.17) is 0 Å². The van der Waals surface area contributed by atoms with Gasteiger partial charge in [0.1, 0.15) is 11.6 Å². The molecule has 2 atom stereocenters. The minimum atomic E-state index is -0.128. The van der Waals surface area contributed by atoms with Crippen molar-refractivity contribution in [1.82, 2.24) is 0 Å². The number of carbonyl (C=O) groups excluding carboxylic acids is 1. The van der Waals surface area contributed by atoms with Gasteiger partial charge in [0.05, 0.1) is 0 Å². The van der Waals surface area contributed by atoms with Gasteiger partial charge in [-0.3, -0.25) is 4.79 Å². The Hall–Kier alpha value is -1.18. The molecular weight excluding hydrogens is 191 g/mol. The Morgan fingerprint density at radius 1 is 1.27 bits per heavy atom. The number of ketones is 1. The van der Waals surface area contributed by atoms with Crippen LogP contribution >= 0.6 is 0 Å². The van der Waals surface area contributed by atoms with Crippen LogP contribution in [0, 0.1) is 11.7 Å². The van der Waals surface area contributed by atoms with Crippen molar-refractivity contribution in [2.75, 3.05) is 0 Å². The Labute approximate surface area is 88.3 Å². The van der Waals surface area contributed by atoms with Crippen LogP contribution in [0.3, 0.4) is 0 Å². The summed E-state index contributed by atoms with van der Waals surface area (Å²) < 4.78 is 13.6. The number of hydrogen-bond donors (Lipinski definition) is 0. The van der Waals surface area contributed by atoms with Crippen molar-refractivity contribution >= 4 is 5.78 Å². The summed E-state index contributed by atoms with van der Waals surface area (Å²) in [5.74, 6) is 0.299. The summed E-state index contributed by atoms with van der Waals surface area (Å²) in [4.78, 5) is 12.0. The third-order valence-corrected chi connectivity index (χ3v) is 3.77. The summed E-state index contributed by atoms with van der Waals surface area (Å²) in [6.07, 6.45) is 3.59. The molecule has 0 amide bonds. The smallest absolute Gasteiger partial charge is 0.143 e. The lowest BCUT2D eigenvalue weighted by Gasteiger charge is -2.34. The van der Waals surface area contributed by atoms with E-state index in [2.05, 4.69) is 0 Å². The lowest BCUT2D eigenvalue weighted by atomic mass is 9.68. The molecule has 78 valence electrons. The third-order valence-electron chi connectivity index (χ3n) is 3.77. The van der Waals surface area contributed by atoms with Crippen molar-refractivity contribution in [3.63, 3.8) is 0 Å². The number of Topliss-reactive ketones (excluding diaryl/α,β-unsaturated/α-hetero) is 1. The fourth-order valence-corrected chi connectivity index (χ4v) is 3.01. The third kappa shape index (κ3) is 1.24. The van der Waals surface area contributed by atoms with Crippen molar-refractivity contribution in [1.29, 1.82) is 0 Å². The standard InChI is InChI=1S/C13H13FO/c14-12-6-2-4-9-10-5-1-3-8(13(10)15)7-11(9)12/h2,4,6,8,10H,1,3,5,7H2. The van der Waals surface area contributed by atoms with Gasteiger partial charge in [-0.25, -0.2) is 4.39 Å². The molecule has 2 bridgehead atoms. The van der Waals surface area contributed by atoms with Crippen LogP contribution in [0.15, 0.2) is 18.2 Å². The number of halogens is 1. The van der Waals surface area contributed by atoms with Crippen LogP contribution in [0.25, 0.3) is 0 Å². The van der Waals surface area contributed by atoms with Crippen molar-refractivity contribution in [2.24, 2.45) is 5.92 Å². The zero-order valence-corrected chi connectivity index (χ0v) is 8.50. The van der Waals surface area contributed by atoms with E-state index >= 15 is 0 Å². The van der Waals surface area contributed by atoms with Gasteiger partial charge in [0.2, 0.25) is 0 Å². The molecule has 2 aliphatic carbocycles. The molecule has 1 saturated carbocycles. The maximum atomic E-state index is 13.6. The van der Waals surface area contributed by atoms with Crippen LogP contribution in [-0.2, 0) is 11.2 Å². The topological polar surface area (TPSA) is 17.1 Å². The predicted molar refractivity (Wildman–Crippen MR) is 55.2 cm³/mol. The fourth-order valence-electron chi connectivity index (χ4n) is 3.01. The number of carbonyl (C=O) groups is 1. The first kappa shape index (κ1) is 9.08. The second kappa shape index (κ2) is 3.16. The first-order valence-electron chi connectivity index (χ1n) is 5.58. The summed E-state index contributed by atoms with van der Waals surface area (Å²) in [6, 6.07) is 5.14. The van der Waals surface area contributed by atoms with E-state index in [1.165, 1.54) is 6.07 Å². The highest BCUT2D eigenvalue weighted by Gasteiger charge is 2.38. The largest absolute Gasteiger partial charge is 0.299 e. The van der Waals surface area contributed by atoms with Crippen LogP contribution in [-0.4, -0.2) is 5.78 Å². The number of benzene rings is 1. The summed E-state index contributed by atoms with van der Waals surface area (Å²) >= 11 is 0. The van der Waals surface area contributed by atoms with Gasteiger partial charge in [0.25, 0.3) is 0 Å². The summed E-state index contributed by atoms with van der Waals surface area (Å²) in [5, 5.41) is 0. The molecule has 0 heterocycles.